The van der Waals surface area contributed by atoms with Gasteiger partial charge in [0, 0.05) is 13.7 Å². The zero-order valence-electron chi connectivity index (χ0n) is 10.8. The molecule has 0 aliphatic heterocycles. The lowest BCUT2D eigenvalue weighted by Crippen LogP contribution is -2.09. The van der Waals surface area contributed by atoms with E-state index in [1.165, 1.54) is 0 Å². The molecule has 1 heterocycles. The van der Waals surface area contributed by atoms with Crippen LogP contribution < -0.4 is 5.32 Å². The predicted octanol–water partition coefficient (Wildman–Crippen LogP) is 1.71. The van der Waals surface area contributed by atoms with Gasteiger partial charge in [-0.15, -0.1) is 0 Å². The van der Waals surface area contributed by atoms with E-state index in [1.807, 2.05) is 7.05 Å². The Kier molecular flexibility index (Phi) is 6.50. The Hall–Kier alpha value is -1.20. The van der Waals surface area contributed by atoms with Crippen LogP contribution in [0.3, 0.4) is 0 Å². The van der Waals surface area contributed by atoms with E-state index in [2.05, 4.69) is 29.1 Å². The van der Waals surface area contributed by atoms with E-state index in [1.54, 1.807) is 12.4 Å². The third-order valence-corrected chi connectivity index (χ3v) is 2.03. The van der Waals surface area contributed by atoms with Gasteiger partial charge in [0.25, 0.3) is 0 Å². The Morgan fingerprint density at radius 1 is 1.18 bits per heavy atom. The summed E-state index contributed by atoms with van der Waals surface area (Å²) in [4.78, 5) is 8.36. The summed E-state index contributed by atoms with van der Waals surface area (Å²) in [5.41, 5.74) is 0.827. The fraction of sp³-hybridized carbons (Fsp3) is 0.667. The van der Waals surface area contributed by atoms with Crippen LogP contribution in [0.5, 0.6) is 0 Å². The number of anilines is 1. The van der Waals surface area contributed by atoms with Crippen molar-refractivity contribution in [2.45, 2.75) is 20.5 Å². The van der Waals surface area contributed by atoms with Crippen molar-refractivity contribution >= 4 is 5.82 Å². The van der Waals surface area contributed by atoms with Gasteiger partial charge in [-0.1, -0.05) is 13.8 Å². The van der Waals surface area contributed by atoms with Crippen molar-refractivity contribution in [2.24, 2.45) is 5.92 Å². The van der Waals surface area contributed by atoms with E-state index in [9.17, 15) is 0 Å². The molecule has 0 spiro atoms. The maximum Gasteiger partial charge on any atom is 0.144 e. The molecule has 17 heavy (non-hydrogen) atoms. The summed E-state index contributed by atoms with van der Waals surface area (Å²) in [6, 6.07) is 0. The zero-order chi connectivity index (χ0) is 12.5. The highest BCUT2D eigenvalue weighted by Gasteiger charge is 1.97. The van der Waals surface area contributed by atoms with E-state index in [0.717, 1.165) is 18.1 Å². The highest BCUT2D eigenvalue weighted by atomic mass is 16.5. The van der Waals surface area contributed by atoms with Gasteiger partial charge in [0.1, 0.15) is 5.82 Å². The van der Waals surface area contributed by atoms with Gasteiger partial charge in [-0.05, 0) is 5.92 Å². The maximum atomic E-state index is 5.43. The molecule has 0 aliphatic rings. The van der Waals surface area contributed by atoms with E-state index in [-0.39, 0.29) is 0 Å². The molecule has 0 radical (unpaired) electrons. The van der Waals surface area contributed by atoms with Crippen molar-refractivity contribution in [2.75, 3.05) is 32.2 Å². The minimum Gasteiger partial charge on any atom is -0.379 e. The average molecular weight is 239 g/mol. The SMILES string of the molecule is CNc1cnc(COCCOCC(C)C)cn1. The number of nitrogens with zero attached hydrogens (tertiary/aromatic N) is 2. The minimum atomic E-state index is 0.474. The van der Waals surface area contributed by atoms with Crippen LogP contribution in [-0.2, 0) is 16.1 Å². The summed E-state index contributed by atoms with van der Waals surface area (Å²) in [6.07, 6.45) is 3.40. The summed E-state index contributed by atoms with van der Waals surface area (Å²) >= 11 is 0. The third kappa shape index (κ3) is 6.19. The highest BCUT2D eigenvalue weighted by molar-refractivity contribution is 5.29. The monoisotopic (exact) mass is 239 g/mol. The van der Waals surface area contributed by atoms with Gasteiger partial charge in [-0.3, -0.25) is 4.98 Å². The molecule has 1 N–H and O–H groups in total. The van der Waals surface area contributed by atoms with Gasteiger partial charge >= 0.3 is 0 Å². The standard InChI is InChI=1S/C12H21N3O2/c1-10(2)8-16-4-5-17-9-11-6-15-12(13-3)7-14-11/h6-7,10H,4-5,8-9H2,1-3H3,(H,13,15). The molecular formula is C12H21N3O2. The van der Waals surface area contributed by atoms with Crippen LogP contribution >= 0.6 is 0 Å². The van der Waals surface area contributed by atoms with Gasteiger partial charge in [-0.2, -0.15) is 0 Å². The van der Waals surface area contributed by atoms with Crippen LogP contribution in [0.15, 0.2) is 12.4 Å². The van der Waals surface area contributed by atoms with Crippen molar-refractivity contribution in [1.29, 1.82) is 0 Å². The predicted molar refractivity (Wildman–Crippen MR) is 66.9 cm³/mol. The second-order valence-electron chi connectivity index (χ2n) is 4.16. The normalized spacial score (nSPS) is 10.8. The van der Waals surface area contributed by atoms with Gasteiger partial charge in [0.2, 0.25) is 0 Å². The molecule has 0 fully saturated rings. The number of rotatable bonds is 8. The molecule has 0 unspecified atom stereocenters. The zero-order valence-corrected chi connectivity index (χ0v) is 10.8. The molecule has 5 nitrogen and oxygen atoms in total. The fourth-order valence-electron chi connectivity index (χ4n) is 1.17. The van der Waals surface area contributed by atoms with E-state index >= 15 is 0 Å². The Bertz CT molecular complexity index is 301. The summed E-state index contributed by atoms with van der Waals surface area (Å²) < 4.78 is 10.8. The summed E-state index contributed by atoms with van der Waals surface area (Å²) in [6.45, 7) is 6.71. The lowest BCUT2D eigenvalue weighted by Gasteiger charge is -2.07. The molecule has 96 valence electrons. The summed E-state index contributed by atoms with van der Waals surface area (Å²) in [7, 11) is 1.81. The van der Waals surface area contributed by atoms with Crippen molar-refractivity contribution in [3.8, 4) is 0 Å². The highest BCUT2D eigenvalue weighted by Crippen LogP contribution is 2.01. The number of hydrogen-bond acceptors (Lipinski definition) is 5. The van der Waals surface area contributed by atoms with Crippen LogP contribution in [0.2, 0.25) is 0 Å². The number of nitrogens with one attached hydrogen (secondary N) is 1. The molecule has 1 aromatic rings. The molecule has 0 amide bonds. The maximum absolute atomic E-state index is 5.43. The van der Waals surface area contributed by atoms with Crippen LogP contribution in [0, 0.1) is 5.92 Å². The third-order valence-electron chi connectivity index (χ3n) is 2.03. The van der Waals surface area contributed by atoms with Crippen molar-refractivity contribution in [1.82, 2.24) is 9.97 Å². The first-order chi connectivity index (χ1) is 8.22. The van der Waals surface area contributed by atoms with Gasteiger partial charge < -0.3 is 14.8 Å². The summed E-state index contributed by atoms with van der Waals surface area (Å²) in [5, 5.41) is 2.91. The molecule has 5 heteroatoms. The Balaban J connectivity index is 2.09. The van der Waals surface area contributed by atoms with Gasteiger partial charge in [0.05, 0.1) is 37.9 Å². The topological polar surface area (TPSA) is 56.3 Å². The van der Waals surface area contributed by atoms with Gasteiger partial charge in [-0.25, -0.2) is 4.98 Å². The molecule has 1 rings (SSSR count). The largest absolute Gasteiger partial charge is 0.379 e. The summed E-state index contributed by atoms with van der Waals surface area (Å²) in [5.74, 6) is 1.32. The first kappa shape index (κ1) is 13.9. The van der Waals surface area contributed by atoms with Gasteiger partial charge in [0.15, 0.2) is 0 Å². The molecule has 0 saturated heterocycles. The second kappa shape index (κ2) is 7.97. The smallest absolute Gasteiger partial charge is 0.144 e. The minimum absolute atomic E-state index is 0.474. The first-order valence-electron chi connectivity index (χ1n) is 5.86. The van der Waals surface area contributed by atoms with E-state index in [4.69, 9.17) is 9.47 Å². The average Bonchev–Trinajstić information content (AvgIpc) is 2.34. The number of aromatic nitrogens is 2. The fourth-order valence-corrected chi connectivity index (χ4v) is 1.17. The first-order valence-corrected chi connectivity index (χ1v) is 5.86. The Morgan fingerprint density at radius 2 is 1.94 bits per heavy atom. The van der Waals surface area contributed by atoms with E-state index in [0.29, 0.717) is 25.7 Å². The molecule has 0 aliphatic carbocycles. The molecule has 0 saturated carbocycles. The van der Waals surface area contributed by atoms with Crippen molar-refractivity contribution in [3.05, 3.63) is 18.1 Å². The molecule has 0 atom stereocenters. The lowest BCUT2D eigenvalue weighted by molar-refractivity contribution is 0.0304. The molecule has 0 aromatic carbocycles. The number of ether oxygens (including phenoxy) is 2. The molecule has 0 bridgehead atoms. The number of hydrogen-bond donors (Lipinski definition) is 1. The van der Waals surface area contributed by atoms with Crippen LogP contribution in [0.25, 0.3) is 0 Å². The van der Waals surface area contributed by atoms with Crippen LogP contribution in [0.1, 0.15) is 19.5 Å². The quantitative estimate of drug-likeness (QED) is 0.700. The van der Waals surface area contributed by atoms with Crippen LogP contribution in [-0.4, -0.2) is 36.8 Å². The lowest BCUT2D eigenvalue weighted by atomic mass is 10.2. The van der Waals surface area contributed by atoms with Crippen LogP contribution in [0.4, 0.5) is 5.82 Å². The Morgan fingerprint density at radius 3 is 2.53 bits per heavy atom. The molecule has 1 aromatic heterocycles. The molecular weight excluding hydrogens is 218 g/mol. The van der Waals surface area contributed by atoms with Crippen molar-refractivity contribution < 1.29 is 9.47 Å². The van der Waals surface area contributed by atoms with Crippen molar-refractivity contribution in [3.63, 3.8) is 0 Å². The van der Waals surface area contributed by atoms with E-state index < -0.39 is 0 Å². The second-order valence-corrected chi connectivity index (χ2v) is 4.16. The Labute approximate surface area is 103 Å².